The lowest BCUT2D eigenvalue weighted by molar-refractivity contribution is -0.119. The van der Waals surface area contributed by atoms with Crippen LogP contribution in [0.5, 0.6) is 11.5 Å². The van der Waals surface area contributed by atoms with Gasteiger partial charge in [-0.25, -0.2) is 13.2 Å². The van der Waals surface area contributed by atoms with E-state index in [0.29, 0.717) is 17.2 Å². The molecule has 0 radical (unpaired) electrons. The van der Waals surface area contributed by atoms with Crippen molar-refractivity contribution >= 4 is 27.4 Å². The van der Waals surface area contributed by atoms with E-state index in [1.54, 1.807) is 24.3 Å². The van der Waals surface area contributed by atoms with Crippen LogP contribution in [0.1, 0.15) is 22.8 Å². The first kappa shape index (κ1) is 23.0. The molecular formula is C24H23NO6S. The molecule has 166 valence electrons. The largest absolute Gasteiger partial charge is 0.455 e. The van der Waals surface area contributed by atoms with E-state index in [-0.39, 0.29) is 16.2 Å². The van der Waals surface area contributed by atoms with Crippen molar-refractivity contribution in [3.63, 3.8) is 0 Å². The molecule has 0 bridgehead atoms. The highest BCUT2D eigenvalue weighted by Crippen LogP contribution is 2.29. The summed E-state index contributed by atoms with van der Waals surface area (Å²) in [6, 6.07) is 20.1. The number of anilines is 1. The van der Waals surface area contributed by atoms with Gasteiger partial charge < -0.3 is 14.8 Å². The first-order valence-electron chi connectivity index (χ1n) is 9.92. The SMILES string of the molecule is CCS(=O)(=O)c1ccccc1C(=O)OCC(=O)Nc1ccccc1Oc1ccc(C)cc1. The summed E-state index contributed by atoms with van der Waals surface area (Å²) >= 11 is 0. The standard InChI is InChI=1S/C24H23NO6S/c1-3-32(28,29)22-11-7-4-8-19(22)24(27)30-16-23(26)25-20-9-5-6-10-21(20)31-18-14-12-17(2)13-15-18/h4-15H,3,16H2,1-2H3,(H,25,26). The quantitative estimate of drug-likeness (QED) is 0.509. The van der Waals surface area contributed by atoms with Gasteiger partial charge in [-0.05, 0) is 43.3 Å². The Morgan fingerprint density at radius 2 is 1.56 bits per heavy atom. The topological polar surface area (TPSA) is 98.8 Å². The monoisotopic (exact) mass is 453 g/mol. The number of carbonyl (C=O) groups excluding carboxylic acids is 2. The molecule has 0 aliphatic carbocycles. The van der Waals surface area contributed by atoms with Crippen LogP contribution in [-0.2, 0) is 19.4 Å². The molecule has 0 atom stereocenters. The van der Waals surface area contributed by atoms with Crippen LogP contribution in [0, 0.1) is 6.92 Å². The number of sulfone groups is 1. The van der Waals surface area contributed by atoms with Gasteiger partial charge in [-0.1, -0.05) is 48.9 Å². The van der Waals surface area contributed by atoms with Gasteiger partial charge in [-0.15, -0.1) is 0 Å². The lowest BCUT2D eigenvalue weighted by Gasteiger charge is -2.13. The van der Waals surface area contributed by atoms with Gasteiger partial charge in [0.15, 0.2) is 22.2 Å². The van der Waals surface area contributed by atoms with Crippen LogP contribution in [0.25, 0.3) is 0 Å². The van der Waals surface area contributed by atoms with E-state index in [0.717, 1.165) is 5.56 Å². The highest BCUT2D eigenvalue weighted by molar-refractivity contribution is 7.91. The van der Waals surface area contributed by atoms with E-state index in [2.05, 4.69) is 5.32 Å². The molecule has 0 aromatic heterocycles. The summed E-state index contributed by atoms with van der Waals surface area (Å²) in [6.45, 7) is 2.87. The first-order valence-corrected chi connectivity index (χ1v) is 11.6. The molecule has 0 heterocycles. The number of hydrogen-bond donors (Lipinski definition) is 1. The zero-order valence-electron chi connectivity index (χ0n) is 17.7. The van der Waals surface area contributed by atoms with Crippen LogP contribution in [0.4, 0.5) is 5.69 Å². The summed E-state index contributed by atoms with van der Waals surface area (Å²) in [7, 11) is -3.62. The Labute approximate surface area is 186 Å². The number of hydrogen-bond acceptors (Lipinski definition) is 6. The van der Waals surface area contributed by atoms with Crippen LogP contribution in [0.3, 0.4) is 0 Å². The van der Waals surface area contributed by atoms with Crippen LogP contribution >= 0.6 is 0 Å². The molecule has 0 aliphatic heterocycles. The van der Waals surface area contributed by atoms with Gasteiger partial charge in [-0.2, -0.15) is 0 Å². The van der Waals surface area contributed by atoms with E-state index in [1.165, 1.54) is 31.2 Å². The fourth-order valence-corrected chi connectivity index (χ4v) is 3.93. The van der Waals surface area contributed by atoms with E-state index in [4.69, 9.17) is 9.47 Å². The molecular weight excluding hydrogens is 430 g/mol. The maximum Gasteiger partial charge on any atom is 0.339 e. The molecule has 3 aromatic carbocycles. The van der Waals surface area contributed by atoms with E-state index >= 15 is 0 Å². The number of amides is 1. The zero-order valence-corrected chi connectivity index (χ0v) is 18.5. The van der Waals surface area contributed by atoms with Crippen molar-refractivity contribution < 1.29 is 27.5 Å². The van der Waals surface area contributed by atoms with Crippen LogP contribution in [0.15, 0.2) is 77.7 Å². The fourth-order valence-electron chi connectivity index (χ4n) is 2.85. The number of esters is 1. The van der Waals surface area contributed by atoms with Gasteiger partial charge in [0.2, 0.25) is 0 Å². The predicted molar refractivity (Wildman–Crippen MR) is 121 cm³/mol. The molecule has 0 fully saturated rings. The molecule has 0 spiro atoms. The third kappa shape index (κ3) is 5.73. The van der Waals surface area contributed by atoms with Gasteiger partial charge in [0, 0.05) is 0 Å². The van der Waals surface area contributed by atoms with E-state index in [9.17, 15) is 18.0 Å². The average molecular weight is 454 g/mol. The van der Waals surface area contributed by atoms with E-state index < -0.39 is 28.3 Å². The molecule has 3 rings (SSSR count). The maximum absolute atomic E-state index is 12.4. The van der Waals surface area contributed by atoms with Gasteiger partial charge in [0.25, 0.3) is 5.91 Å². The predicted octanol–water partition coefficient (Wildman–Crippen LogP) is 4.38. The summed E-state index contributed by atoms with van der Waals surface area (Å²) in [5.74, 6) is -0.603. The summed E-state index contributed by atoms with van der Waals surface area (Å²) < 4.78 is 35.3. The Morgan fingerprint density at radius 1 is 0.906 bits per heavy atom. The Kier molecular flexibility index (Phi) is 7.27. The number of carbonyl (C=O) groups is 2. The zero-order chi connectivity index (χ0) is 23.1. The molecule has 0 saturated carbocycles. The van der Waals surface area contributed by atoms with Crippen molar-refractivity contribution in [2.75, 3.05) is 17.7 Å². The third-order valence-electron chi connectivity index (χ3n) is 4.57. The molecule has 3 aromatic rings. The van der Waals surface area contributed by atoms with Gasteiger partial charge in [-0.3, -0.25) is 4.79 Å². The summed E-state index contributed by atoms with van der Waals surface area (Å²) in [5, 5.41) is 2.65. The van der Waals surface area contributed by atoms with E-state index in [1.807, 2.05) is 31.2 Å². The maximum atomic E-state index is 12.4. The van der Waals surface area contributed by atoms with Crippen molar-refractivity contribution in [2.24, 2.45) is 0 Å². The fraction of sp³-hybridized carbons (Fsp3) is 0.167. The second kappa shape index (κ2) is 10.1. The highest BCUT2D eigenvalue weighted by atomic mass is 32.2. The number of nitrogens with one attached hydrogen (secondary N) is 1. The Bertz CT molecular complexity index is 1220. The number of benzene rings is 3. The molecule has 1 N–H and O–H groups in total. The minimum absolute atomic E-state index is 0.106. The number of aryl methyl sites for hydroxylation is 1. The average Bonchev–Trinajstić information content (AvgIpc) is 2.80. The van der Waals surface area contributed by atoms with Crippen molar-refractivity contribution in [2.45, 2.75) is 18.7 Å². The number of ether oxygens (including phenoxy) is 2. The molecule has 1 amide bonds. The van der Waals surface area contributed by atoms with Crippen molar-refractivity contribution in [3.8, 4) is 11.5 Å². The molecule has 0 saturated heterocycles. The molecule has 0 aliphatic rings. The Hall–Kier alpha value is -3.65. The second-order valence-corrected chi connectivity index (χ2v) is 9.18. The van der Waals surface area contributed by atoms with Crippen molar-refractivity contribution in [1.82, 2.24) is 0 Å². The van der Waals surface area contributed by atoms with Gasteiger partial charge in [0.05, 0.1) is 21.9 Å². The lowest BCUT2D eigenvalue weighted by Crippen LogP contribution is -2.22. The molecule has 8 heteroatoms. The smallest absolute Gasteiger partial charge is 0.339 e. The highest BCUT2D eigenvalue weighted by Gasteiger charge is 2.22. The van der Waals surface area contributed by atoms with Gasteiger partial charge >= 0.3 is 5.97 Å². The van der Waals surface area contributed by atoms with Gasteiger partial charge in [0.1, 0.15) is 5.75 Å². The Morgan fingerprint density at radius 3 is 2.28 bits per heavy atom. The molecule has 7 nitrogen and oxygen atoms in total. The van der Waals surface area contributed by atoms with Crippen LogP contribution in [0.2, 0.25) is 0 Å². The molecule has 0 unspecified atom stereocenters. The number of rotatable bonds is 8. The number of para-hydroxylation sites is 2. The van der Waals surface area contributed by atoms with Crippen LogP contribution < -0.4 is 10.1 Å². The lowest BCUT2D eigenvalue weighted by atomic mass is 10.2. The normalized spacial score (nSPS) is 10.9. The minimum atomic E-state index is -3.62. The van der Waals surface area contributed by atoms with Crippen LogP contribution in [-0.4, -0.2) is 32.7 Å². The minimum Gasteiger partial charge on any atom is -0.455 e. The van der Waals surface area contributed by atoms with Crippen molar-refractivity contribution in [3.05, 3.63) is 83.9 Å². The summed E-state index contributed by atoms with van der Waals surface area (Å²) in [6.07, 6.45) is 0. The van der Waals surface area contributed by atoms with Crippen molar-refractivity contribution in [1.29, 1.82) is 0 Å². The first-order chi connectivity index (χ1) is 15.3. The third-order valence-corrected chi connectivity index (χ3v) is 6.35. The second-order valence-electron chi connectivity index (χ2n) is 6.94. The summed E-state index contributed by atoms with van der Waals surface area (Å²) in [5.41, 5.74) is 1.39. The Balaban J connectivity index is 1.66. The molecule has 32 heavy (non-hydrogen) atoms. The summed E-state index contributed by atoms with van der Waals surface area (Å²) in [4.78, 5) is 24.7.